The number of carbonyl (C=O) groups excluding carboxylic acids is 2. The van der Waals surface area contributed by atoms with Crippen LogP contribution in [-0.4, -0.2) is 42.0 Å². The lowest BCUT2D eigenvalue weighted by Gasteiger charge is -2.25. The molecule has 0 bridgehead atoms. The Morgan fingerprint density at radius 3 is 2.53 bits per heavy atom. The van der Waals surface area contributed by atoms with E-state index in [-0.39, 0.29) is 11.3 Å². The molecule has 1 unspecified atom stereocenters. The van der Waals surface area contributed by atoms with Gasteiger partial charge in [0.1, 0.15) is 17.3 Å². The largest absolute Gasteiger partial charge is 0.507 e. The molecular weight excluding hydrogens is 382 g/mol. The standard InChI is InChI=1S/C24H27NO5/c1-5-12-25-21(16-8-7-9-18(14-16)29-4)20(23(27)24(25)28)22(26)17-10-11-19(30-6-2)15(3)13-17/h7-11,13-14,21,26H,5-6,12H2,1-4H3/b22-20-. The zero-order valence-corrected chi connectivity index (χ0v) is 17.8. The molecule has 0 aromatic heterocycles. The normalized spacial score (nSPS) is 18.0. The number of Topliss-reactive ketones (excluding diaryl/α,β-unsaturated/α-hetero) is 1. The van der Waals surface area contributed by atoms with Crippen molar-refractivity contribution in [2.24, 2.45) is 0 Å². The lowest BCUT2D eigenvalue weighted by atomic mass is 9.94. The maximum atomic E-state index is 12.9. The Bertz CT molecular complexity index is 995. The predicted octanol–water partition coefficient (Wildman–Crippen LogP) is 4.23. The Labute approximate surface area is 176 Å². The molecule has 158 valence electrons. The highest BCUT2D eigenvalue weighted by Gasteiger charge is 2.45. The highest BCUT2D eigenvalue weighted by atomic mass is 16.5. The van der Waals surface area contributed by atoms with Gasteiger partial charge in [0.15, 0.2) is 0 Å². The first kappa shape index (κ1) is 21.4. The van der Waals surface area contributed by atoms with E-state index in [9.17, 15) is 14.7 Å². The van der Waals surface area contributed by atoms with E-state index >= 15 is 0 Å². The van der Waals surface area contributed by atoms with Gasteiger partial charge in [0.2, 0.25) is 0 Å². The minimum Gasteiger partial charge on any atom is -0.507 e. The first-order valence-corrected chi connectivity index (χ1v) is 10.1. The van der Waals surface area contributed by atoms with Gasteiger partial charge in [-0.2, -0.15) is 0 Å². The average molecular weight is 409 g/mol. The van der Waals surface area contributed by atoms with Gasteiger partial charge < -0.3 is 19.5 Å². The van der Waals surface area contributed by atoms with E-state index in [0.717, 1.165) is 5.56 Å². The first-order valence-electron chi connectivity index (χ1n) is 10.1. The molecule has 30 heavy (non-hydrogen) atoms. The van der Waals surface area contributed by atoms with Crippen molar-refractivity contribution in [3.8, 4) is 11.5 Å². The number of aliphatic hydroxyl groups is 1. The van der Waals surface area contributed by atoms with Crippen LogP contribution >= 0.6 is 0 Å². The monoisotopic (exact) mass is 409 g/mol. The van der Waals surface area contributed by atoms with E-state index in [2.05, 4.69) is 0 Å². The van der Waals surface area contributed by atoms with Gasteiger partial charge in [-0.15, -0.1) is 0 Å². The number of benzene rings is 2. The van der Waals surface area contributed by atoms with Crippen molar-refractivity contribution in [1.82, 2.24) is 4.90 Å². The van der Waals surface area contributed by atoms with Gasteiger partial charge in [0, 0.05) is 12.1 Å². The second kappa shape index (κ2) is 9.03. The highest BCUT2D eigenvalue weighted by molar-refractivity contribution is 6.46. The van der Waals surface area contributed by atoms with Gasteiger partial charge in [-0.1, -0.05) is 19.1 Å². The molecule has 1 N–H and O–H groups in total. The fraction of sp³-hybridized carbons (Fsp3) is 0.333. The number of rotatable bonds is 7. The number of methoxy groups -OCH3 is 1. The van der Waals surface area contributed by atoms with E-state index in [1.807, 2.05) is 26.8 Å². The van der Waals surface area contributed by atoms with Crippen molar-refractivity contribution in [2.75, 3.05) is 20.3 Å². The summed E-state index contributed by atoms with van der Waals surface area (Å²) < 4.78 is 10.9. The molecule has 1 aliphatic heterocycles. The second-order valence-corrected chi connectivity index (χ2v) is 7.18. The van der Waals surface area contributed by atoms with Crippen LogP contribution in [0.15, 0.2) is 48.0 Å². The summed E-state index contributed by atoms with van der Waals surface area (Å²) in [5.74, 6) is -0.142. The summed E-state index contributed by atoms with van der Waals surface area (Å²) >= 11 is 0. The van der Waals surface area contributed by atoms with Crippen LogP contribution in [0, 0.1) is 6.92 Å². The van der Waals surface area contributed by atoms with E-state index in [1.54, 1.807) is 43.5 Å². The molecule has 0 spiro atoms. The van der Waals surface area contributed by atoms with Crippen LogP contribution in [0.4, 0.5) is 0 Å². The fourth-order valence-corrected chi connectivity index (χ4v) is 3.78. The Kier molecular flexibility index (Phi) is 6.45. The molecule has 0 aliphatic carbocycles. The summed E-state index contributed by atoms with van der Waals surface area (Å²) in [6.07, 6.45) is 0.690. The minimum absolute atomic E-state index is 0.0882. The predicted molar refractivity (Wildman–Crippen MR) is 115 cm³/mol. The highest BCUT2D eigenvalue weighted by Crippen LogP contribution is 2.40. The van der Waals surface area contributed by atoms with E-state index in [1.165, 1.54) is 4.90 Å². The molecule has 3 rings (SSSR count). The number of aryl methyl sites for hydroxylation is 1. The Morgan fingerprint density at radius 2 is 1.90 bits per heavy atom. The van der Waals surface area contributed by atoms with Crippen molar-refractivity contribution >= 4 is 17.4 Å². The number of aliphatic hydroxyl groups excluding tert-OH is 1. The number of hydrogen-bond donors (Lipinski definition) is 1. The number of ether oxygens (including phenoxy) is 2. The van der Waals surface area contributed by atoms with Crippen molar-refractivity contribution in [3.05, 3.63) is 64.7 Å². The molecule has 1 saturated heterocycles. The van der Waals surface area contributed by atoms with Gasteiger partial charge in [-0.05, 0) is 61.7 Å². The number of likely N-dealkylation sites (tertiary alicyclic amines) is 1. The Balaban J connectivity index is 2.16. The summed E-state index contributed by atoms with van der Waals surface area (Å²) in [6.45, 7) is 6.65. The van der Waals surface area contributed by atoms with Crippen molar-refractivity contribution < 1.29 is 24.2 Å². The zero-order valence-electron chi connectivity index (χ0n) is 17.8. The molecule has 1 amide bonds. The lowest BCUT2D eigenvalue weighted by Crippen LogP contribution is -2.30. The second-order valence-electron chi connectivity index (χ2n) is 7.18. The summed E-state index contributed by atoms with van der Waals surface area (Å²) in [5, 5.41) is 11.1. The molecular formula is C24H27NO5. The summed E-state index contributed by atoms with van der Waals surface area (Å²) in [5.41, 5.74) is 2.11. The zero-order chi connectivity index (χ0) is 21.8. The maximum absolute atomic E-state index is 12.9. The quantitative estimate of drug-likeness (QED) is 0.421. The van der Waals surface area contributed by atoms with Crippen LogP contribution in [0.3, 0.4) is 0 Å². The lowest BCUT2D eigenvalue weighted by molar-refractivity contribution is -0.139. The van der Waals surface area contributed by atoms with Gasteiger partial charge in [-0.25, -0.2) is 0 Å². The van der Waals surface area contributed by atoms with Crippen LogP contribution in [0.25, 0.3) is 5.76 Å². The summed E-state index contributed by atoms with van der Waals surface area (Å²) in [7, 11) is 1.56. The fourth-order valence-electron chi connectivity index (χ4n) is 3.78. The van der Waals surface area contributed by atoms with Crippen molar-refractivity contribution in [3.63, 3.8) is 0 Å². The number of nitrogens with zero attached hydrogens (tertiary/aromatic N) is 1. The van der Waals surface area contributed by atoms with Crippen LogP contribution in [0.5, 0.6) is 11.5 Å². The summed E-state index contributed by atoms with van der Waals surface area (Å²) in [4.78, 5) is 27.2. The van der Waals surface area contributed by atoms with E-state index in [0.29, 0.717) is 42.2 Å². The van der Waals surface area contributed by atoms with E-state index in [4.69, 9.17) is 9.47 Å². The smallest absolute Gasteiger partial charge is 0.295 e. The van der Waals surface area contributed by atoms with Gasteiger partial charge in [0.05, 0.1) is 25.3 Å². The molecule has 1 atom stereocenters. The molecule has 6 nitrogen and oxygen atoms in total. The molecule has 1 heterocycles. The number of carbonyl (C=O) groups is 2. The molecule has 0 radical (unpaired) electrons. The topological polar surface area (TPSA) is 76.1 Å². The number of ketones is 1. The van der Waals surface area contributed by atoms with Crippen LogP contribution in [0.1, 0.15) is 43.0 Å². The van der Waals surface area contributed by atoms with Crippen molar-refractivity contribution in [2.45, 2.75) is 33.2 Å². The molecule has 0 saturated carbocycles. The van der Waals surface area contributed by atoms with Crippen LogP contribution in [0.2, 0.25) is 0 Å². The van der Waals surface area contributed by atoms with E-state index < -0.39 is 17.7 Å². The molecule has 2 aromatic carbocycles. The van der Waals surface area contributed by atoms with Gasteiger partial charge in [0.25, 0.3) is 11.7 Å². The third kappa shape index (κ3) is 3.90. The maximum Gasteiger partial charge on any atom is 0.295 e. The Morgan fingerprint density at radius 1 is 1.13 bits per heavy atom. The van der Waals surface area contributed by atoms with Gasteiger partial charge in [-0.3, -0.25) is 9.59 Å². The SMILES string of the molecule is CCCN1C(=O)C(=O)/C(=C(\O)c2ccc(OCC)c(C)c2)C1c1cccc(OC)c1. The number of hydrogen-bond acceptors (Lipinski definition) is 5. The third-order valence-corrected chi connectivity index (χ3v) is 5.16. The molecule has 2 aromatic rings. The minimum atomic E-state index is -0.680. The molecule has 1 aliphatic rings. The first-order chi connectivity index (χ1) is 14.4. The van der Waals surface area contributed by atoms with Crippen LogP contribution in [-0.2, 0) is 9.59 Å². The average Bonchev–Trinajstić information content (AvgIpc) is 3.00. The number of amides is 1. The molecule has 6 heteroatoms. The summed E-state index contributed by atoms with van der Waals surface area (Å²) in [6, 6.07) is 11.8. The van der Waals surface area contributed by atoms with Gasteiger partial charge >= 0.3 is 0 Å². The molecule has 1 fully saturated rings. The van der Waals surface area contributed by atoms with Crippen molar-refractivity contribution in [1.29, 1.82) is 0 Å². The third-order valence-electron chi connectivity index (χ3n) is 5.16. The van der Waals surface area contributed by atoms with Crippen LogP contribution < -0.4 is 9.47 Å². The Hall–Kier alpha value is -3.28.